The van der Waals surface area contributed by atoms with Gasteiger partial charge in [-0.15, -0.1) is 24.8 Å². The number of nitrogens with zero attached hydrogens (tertiary/aromatic N) is 2. The van der Waals surface area contributed by atoms with Crippen molar-refractivity contribution in [2.75, 3.05) is 6.54 Å². The van der Waals surface area contributed by atoms with E-state index in [2.05, 4.69) is 10.3 Å². The van der Waals surface area contributed by atoms with Crippen molar-refractivity contribution in [3.8, 4) is 0 Å². The first-order chi connectivity index (χ1) is 11.3. The number of hydrogen-bond acceptors (Lipinski definition) is 3. The molecule has 1 aliphatic rings. The van der Waals surface area contributed by atoms with Gasteiger partial charge in [-0.1, -0.05) is 31.4 Å². The van der Waals surface area contributed by atoms with Gasteiger partial charge in [0.2, 0.25) is 5.91 Å². The maximum Gasteiger partial charge on any atom is 0.222 e. The van der Waals surface area contributed by atoms with Crippen molar-refractivity contribution >= 4 is 41.8 Å². The van der Waals surface area contributed by atoms with E-state index in [1.165, 1.54) is 32.1 Å². The van der Waals surface area contributed by atoms with Crippen molar-refractivity contribution in [3.05, 3.63) is 30.6 Å². The highest BCUT2D eigenvalue weighted by atomic mass is 35.5. The van der Waals surface area contributed by atoms with Crippen LogP contribution in [0, 0.1) is 5.92 Å². The van der Waals surface area contributed by atoms with Gasteiger partial charge in [-0.2, -0.15) is 0 Å². The maximum atomic E-state index is 12.3. The molecule has 1 saturated carbocycles. The highest BCUT2D eigenvalue weighted by Crippen LogP contribution is 2.26. The average Bonchev–Trinajstić information content (AvgIpc) is 3.02. The lowest BCUT2D eigenvalue weighted by Crippen LogP contribution is -2.46. The predicted molar refractivity (Wildman–Crippen MR) is 106 cm³/mol. The SMILES string of the molecule is Cl.Cl.NCC(NC(=O)CCn1cnc2ccccc21)C1CCCCC1. The van der Waals surface area contributed by atoms with Crippen LogP contribution in [0.2, 0.25) is 0 Å². The van der Waals surface area contributed by atoms with Gasteiger partial charge in [0.05, 0.1) is 17.4 Å². The van der Waals surface area contributed by atoms with Crippen LogP contribution in [0.1, 0.15) is 38.5 Å². The van der Waals surface area contributed by atoms with Gasteiger partial charge in [0, 0.05) is 25.6 Å². The Hall–Kier alpha value is -1.30. The van der Waals surface area contributed by atoms with Crippen molar-refractivity contribution < 1.29 is 4.79 Å². The lowest BCUT2D eigenvalue weighted by molar-refractivity contribution is -0.122. The second-order valence-electron chi connectivity index (χ2n) is 6.48. The van der Waals surface area contributed by atoms with Crippen LogP contribution in [-0.4, -0.2) is 28.0 Å². The number of aryl methyl sites for hydroxylation is 1. The van der Waals surface area contributed by atoms with Crippen LogP contribution in [0.5, 0.6) is 0 Å². The molecule has 1 fully saturated rings. The highest BCUT2D eigenvalue weighted by Gasteiger charge is 2.23. The fourth-order valence-corrected chi connectivity index (χ4v) is 3.60. The van der Waals surface area contributed by atoms with Gasteiger partial charge in [0.15, 0.2) is 0 Å². The molecule has 1 aliphatic carbocycles. The van der Waals surface area contributed by atoms with Crippen LogP contribution >= 0.6 is 24.8 Å². The number of nitrogens with two attached hydrogens (primary N) is 1. The van der Waals surface area contributed by atoms with Crippen molar-refractivity contribution in [1.29, 1.82) is 0 Å². The summed E-state index contributed by atoms with van der Waals surface area (Å²) >= 11 is 0. The molecular formula is C18H28Cl2N4O. The predicted octanol–water partition coefficient (Wildman–Crippen LogP) is 3.29. The van der Waals surface area contributed by atoms with E-state index >= 15 is 0 Å². The molecule has 7 heteroatoms. The monoisotopic (exact) mass is 386 g/mol. The van der Waals surface area contributed by atoms with Crippen molar-refractivity contribution in [2.24, 2.45) is 11.7 Å². The molecule has 0 radical (unpaired) electrons. The van der Waals surface area contributed by atoms with Gasteiger partial charge in [-0.25, -0.2) is 4.98 Å². The molecule has 1 aromatic carbocycles. The first-order valence-corrected chi connectivity index (χ1v) is 8.67. The van der Waals surface area contributed by atoms with Crippen LogP contribution in [0.3, 0.4) is 0 Å². The van der Waals surface area contributed by atoms with Crippen molar-refractivity contribution in [1.82, 2.24) is 14.9 Å². The second kappa shape index (κ2) is 10.6. The summed E-state index contributed by atoms with van der Waals surface area (Å²) in [6, 6.07) is 8.11. The smallest absolute Gasteiger partial charge is 0.222 e. The Morgan fingerprint density at radius 1 is 1.24 bits per heavy atom. The minimum Gasteiger partial charge on any atom is -0.352 e. The molecule has 1 atom stereocenters. The Bertz CT molecular complexity index is 655. The van der Waals surface area contributed by atoms with Gasteiger partial charge in [-0.05, 0) is 30.9 Å². The fraction of sp³-hybridized carbons (Fsp3) is 0.556. The third-order valence-corrected chi connectivity index (χ3v) is 4.93. The van der Waals surface area contributed by atoms with Crippen molar-refractivity contribution in [2.45, 2.75) is 51.1 Å². The number of fused-ring (bicyclic) bond motifs is 1. The topological polar surface area (TPSA) is 72.9 Å². The molecule has 3 N–H and O–H groups in total. The number of amides is 1. The molecule has 2 aromatic rings. The first-order valence-electron chi connectivity index (χ1n) is 8.67. The average molecular weight is 387 g/mol. The standard InChI is InChI=1S/C18H26N4O.2ClH/c19-12-16(14-6-2-1-3-7-14)21-18(23)10-11-22-13-20-15-8-4-5-9-17(15)22;;/h4-5,8-9,13-14,16H,1-3,6-7,10-12,19H2,(H,21,23);2*1H. The lowest BCUT2D eigenvalue weighted by atomic mass is 9.84. The minimum atomic E-state index is 0. The molecule has 0 aliphatic heterocycles. The van der Waals surface area contributed by atoms with Crippen LogP contribution in [0.25, 0.3) is 11.0 Å². The first kappa shape index (κ1) is 21.7. The van der Waals surface area contributed by atoms with E-state index in [1.807, 2.05) is 28.8 Å². The highest BCUT2D eigenvalue weighted by molar-refractivity contribution is 5.85. The van der Waals surface area contributed by atoms with Gasteiger partial charge < -0.3 is 15.6 Å². The fourth-order valence-electron chi connectivity index (χ4n) is 3.60. The molecular weight excluding hydrogens is 359 g/mol. The van der Waals surface area contributed by atoms with Crippen molar-refractivity contribution in [3.63, 3.8) is 0 Å². The number of benzene rings is 1. The summed E-state index contributed by atoms with van der Waals surface area (Å²) in [5.74, 6) is 0.635. The molecule has 5 nitrogen and oxygen atoms in total. The molecule has 25 heavy (non-hydrogen) atoms. The van der Waals surface area contributed by atoms with E-state index in [-0.39, 0.29) is 36.8 Å². The number of carbonyl (C=O) groups is 1. The molecule has 0 saturated heterocycles. The minimum absolute atomic E-state index is 0. The molecule has 140 valence electrons. The third-order valence-electron chi connectivity index (χ3n) is 4.93. The number of aromatic nitrogens is 2. The molecule has 1 aromatic heterocycles. The molecule has 0 spiro atoms. The number of nitrogens with one attached hydrogen (secondary N) is 1. The number of imidazole rings is 1. The van der Waals surface area contributed by atoms with E-state index in [0.717, 1.165) is 11.0 Å². The summed E-state index contributed by atoms with van der Waals surface area (Å²) in [6.07, 6.45) is 8.48. The van der Waals surface area contributed by atoms with Crippen LogP contribution in [0.4, 0.5) is 0 Å². The molecule has 1 unspecified atom stereocenters. The third kappa shape index (κ3) is 5.59. The van der Waals surface area contributed by atoms with E-state index in [1.54, 1.807) is 6.33 Å². The largest absolute Gasteiger partial charge is 0.352 e. The Kier molecular flexibility index (Phi) is 9.25. The molecule has 3 rings (SSSR count). The molecule has 1 amide bonds. The van der Waals surface area contributed by atoms with E-state index in [4.69, 9.17) is 5.73 Å². The van der Waals surface area contributed by atoms with E-state index in [9.17, 15) is 4.79 Å². The summed E-state index contributed by atoms with van der Waals surface area (Å²) in [5, 5.41) is 3.15. The number of rotatable bonds is 6. The number of hydrogen-bond donors (Lipinski definition) is 2. The molecule has 0 bridgehead atoms. The number of halogens is 2. The Balaban J connectivity index is 0.00000156. The second-order valence-corrected chi connectivity index (χ2v) is 6.48. The zero-order valence-electron chi connectivity index (χ0n) is 14.4. The zero-order valence-corrected chi connectivity index (χ0v) is 16.0. The Morgan fingerprint density at radius 3 is 2.68 bits per heavy atom. The van der Waals surface area contributed by atoms with E-state index in [0.29, 0.717) is 25.4 Å². The Labute approximate surface area is 161 Å². The number of carbonyl (C=O) groups excluding carboxylic acids is 1. The van der Waals surface area contributed by atoms with Crippen LogP contribution in [-0.2, 0) is 11.3 Å². The van der Waals surface area contributed by atoms with Crippen LogP contribution in [0.15, 0.2) is 30.6 Å². The Morgan fingerprint density at radius 2 is 1.96 bits per heavy atom. The van der Waals surface area contributed by atoms with Gasteiger partial charge in [0.25, 0.3) is 0 Å². The quantitative estimate of drug-likeness (QED) is 0.799. The summed E-state index contributed by atoms with van der Waals surface area (Å²) in [5.41, 5.74) is 7.93. The normalized spacial score (nSPS) is 15.9. The lowest BCUT2D eigenvalue weighted by Gasteiger charge is -2.30. The van der Waals surface area contributed by atoms with Gasteiger partial charge in [0.1, 0.15) is 0 Å². The maximum absolute atomic E-state index is 12.3. The summed E-state index contributed by atoms with van der Waals surface area (Å²) in [6.45, 7) is 1.18. The van der Waals surface area contributed by atoms with Gasteiger partial charge >= 0.3 is 0 Å². The van der Waals surface area contributed by atoms with Gasteiger partial charge in [-0.3, -0.25) is 4.79 Å². The number of para-hydroxylation sites is 2. The zero-order chi connectivity index (χ0) is 16.1. The summed E-state index contributed by atoms with van der Waals surface area (Å²) in [7, 11) is 0. The summed E-state index contributed by atoms with van der Waals surface area (Å²) < 4.78 is 2.03. The molecule has 1 heterocycles. The summed E-state index contributed by atoms with van der Waals surface area (Å²) in [4.78, 5) is 16.6. The van der Waals surface area contributed by atoms with E-state index < -0.39 is 0 Å². The van der Waals surface area contributed by atoms with Crippen LogP contribution < -0.4 is 11.1 Å².